The van der Waals surface area contributed by atoms with Crippen molar-refractivity contribution in [2.45, 2.75) is 39.5 Å². The molecule has 3 rings (SSSR count). The molecule has 0 saturated carbocycles. The summed E-state index contributed by atoms with van der Waals surface area (Å²) in [5.74, 6) is 1.00. The standard InChI is InChI=1S/C19H21N/c1-12(2)15-9-10-20-17-11-14-7-5-6-8-16(14)18(13(3)4)19(15)17/h5-13H,1-4H3. The van der Waals surface area contributed by atoms with Crippen LogP contribution in [0.4, 0.5) is 0 Å². The highest BCUT2D eigenvalue weighted by Crippen LogP contribution is 2.36. The van der Waals surface area contributed by atoms with E-state index in [1.165, 1.54) is 27.3 Å². The van der Waals surface area contributed by atoms with Gasteiger partial charge in [-0.1, -0.05) is 52.0 Å². The SMILES string of the molecule is CC(C)c1ccnc2cc3ccccc3c(C(C)C)c12. The van der Waals surface area contributed by atoms with Gasteiger partial charge in [0, 0.05) is 11.6 Å². The zero-order valence-electron chi connectivity index (χ0n) is 12.6. The lowest BCUT2D eigenvalue weighted by Crippen LogP contribution is -1.99. The molecule has 0 bridgehead atoms. The summed E-state index contributed by atoms with van der Waals surface area (Å²) in [6.07, 6.45) is 1.94. The molecule has 102 valence electrons. The van der Waals surface area contributed by atoms with Crippen LogP contribution in [0.25, 0.3) is 21.7 Å². The molecule has 0 amide bonds. The van der Waals surface area contributed by atoms with E-state index >= 15 is 0 Å². The lowest BCUT2D eigenvalue weighted by Gasteiger charge is -2.18. The molecule has 0 aliphatic rings. The van der Waals surface area contributed by atoms with Gasteiger partial charge in [-0.25, -0.2) is 0 Å². The van der Waals surface area contributed by atoms with E-state index in [1.54, 1.807) is 0 Å². The first kappa shape index (κ1) is 13.1. The second kappa shape index (κ2) is 4.90. The Bertz CT molecular complexity index is 769. The third-order valence-electron chi connectivity index (χ3n) is 4.02. The first-order valence-electron chi connectivity index (χ1n) is 7.40. The van der Waals surface area contributed by atoms with Gasteiger partial charge in [0.1, 0.15) is 0 Å². The first-order valence-corrected chi connectivity index (χ1v) is 7.40. The predicted molar refractivity (Wildman–Crippen MR) is 87.4 cm³/mol. The van der Waals surface area contributed by atoms with Gasteiger partial charge in [-0.15, -0.1) is 0 Å². The molecule has 0 saturated heterocycles. The van der Waals surface area contributed by atoms with Crippen molar-refractivity contribution in [2.24, 2.45) is 0 Å². The summed E-state index contributed by atoms with van der Waals surface area (Å²) in [7, 11) is 0. The minimum Gasteiger partial charge on any atom is -0.256 e. The number of pyridine rings is 1. The maximum Gasteiger partial charge on any atom is 0.0714 e. The summed E-state index contributed by atoms with van der Waals surface area (Å²) < 4.78 is 0. The fourth-order valence-corrected chi connectivity index (χ4v) is 3.13. The number of benzene rings is 2. The molecule has 0 aliphatic carbocycles. The minimum absolute atomic E-state index is 0.491. The molecule has 20 heavy (non-hydrogen) atoms. The van der Waals surface area contributed by atoms with Gasteiger partial charge < -0.3 is 0 Å². The van der Waals surface area contributed by atoms with Gasteiger partial charge in [-0.05, 0) is 45.9 Å². The molecular weight excluding hydrogens is 242 g/mol. The maximum absolute atomic E-state index is 4.62. The molecule has 0 spiro atoms. The minimum atomic E-state index is 0.491. The van der Waals surface area contributed by atoms with Gasteiger partial charge in [0.2, 0.25) is 0 Å². The van der Waals surface area contributed by atoms with Gasteiger partial charge in [0.25, 0.3) is 0 Å². The molecule has 0 radical (unpaired) electrons. The number of aromatic nitrogens is 1. The molecule has 1 heterocycles. The topological polar surface area (TPSA) is 12.9 Å². The lowest BCUT2D eigenvalue weighted by molar-refractivity contribution is 0.857. The Labute approximate surface area is 120 Å². The van der Waals surface area contributed by atoms with Crippen molar-refractivity contribution in [3.63, 3.8) is 0 Å². The van der Waals surface area contributed by atoms with Crippen LogP contribution in [0.3, 0.4) is 0 Å². The van der Waals surface area contributed by atoms with Gasteiger partial charge in [-0.2, -0.15) is 0 Å². The molecule has 2 aromatic carbocycles. The highest BCUT2D eigenvalue weighted by atomic mass is 14.6. The monoisotopic (exact) mass is 263 g/mol. The van der Waals surface area contributed by atoms with Crippen molar-refractivity contribution in [1.29, 1.82) is 0 Å². The van der Waals surface area contributed by atoms with E-state index in [4.69, 9.17) is 0 Å². The number of nitrogens with zero attached hydrogens (tertiary/aromatic N) is 1. The van der Waals surface area contributed by atoms with Crippen molar-refractivity contribution in [3.05, 3.63) is 53.7 Å². The summed E-state index contributed by atoms with van der Waals surface area (Å²) in [4.78, 5) is 4.62. The average molecular weight is 263 g/mol. The molecule has 1 aromatic heterocycles. The van der Waals surface area contributed by atoms with E-state index in [1.807, 2.05) is 6.20 Å². The number of fused-ring (bicyclic) bond motifs is 2. The van der Waals surface area contributed by atoms with Crippen LogP contribution in [0.2, 0.25) is 0 Å². The molecule has 0 aliphatic heterocycles. The summed E-state index contributed by atoms with van der Waals surface area (Å²) in [6.45, 7) is 9.07. The van der Waals surface area contributed by atoms with Crippen LogP contribution in [0.1, 0.15) is 50.7 Å². The van der Waals surface area contributed by atoms with Crippen molar-refractivity contribution in [3.8, 4) is 0 Å². The zero-order chi connectivity index (χ0) is 14.3. The molecule has 0 fully saturated rings. The van der Waals surface area contributed by atoms with Crippen LogP contribution in [0.15, 0.2) is 42.6 Å². The van der Waals surface area contributed by atoms with Crippen molar-refractivity contribution in [1.82, 2.24) is 4.98 Å². The molecular formula is C19H21N. The largest absolute Gasteiger partial charge is 0.256 e. The Balaban J connectivity index is 2.56. The lowest BCUT2D eigenvalue weighted by atomic mass is 9.87. The van der Waals surface area contributed by atoms with E-state index in [0.717, 1.165) is 5.52 Å². The number of hydrogen-bond donors (Lipinski definition) is 0. The molecule has 0 atom stereocenters. The maximum atomic E-state index is 4.62. The van der Waals surface area contributed by atoms with E-state index in [9.17, 15) is 0 Å². The Kier molecular flexibility index (Phi) is 3.21. The third kappa shape index (κ3) is 1.98. The fourth-order valence-electron chi connectivity index (χ4n) is 3.13. The Morgan fingerprint density at radius 3 is 2.35 bits per heavy atom. The Hall–Kier alpha value is -1.89. The van der Waals surface area contributed by atoms with Gasteiger partial charge >= 0.3 is 0 Å². The van der Waals surface area contributed by atoms with E-state index in [2.05, 4.69) is 69.1 Å². The molecule has 0 N–H and O–H groups in total. The summed E-state index contributed by atoms with van der Waals surface area (Å²) in [6, 6.07) is 13.1. The van der Waals surface area contributed by atoms with Gasteiger partial charge in [0.15, 0.2) is 0 Å². The predicted octanol–water partition coefficient (Wildman–Crippen LogP) is 5.63. The van der Waals surface area contributed by atoms with Gasteiger partial charge in [-0.3, -0.25) is 4.98 Å². The zero-order valence-corrected chi connectivity index (χ0v) is 12.6. The van der Waals surface area contributed by atoms with E-state index in [-0.39, 0.29) is 0 Å². The third-order valence-corrected chi connectivity index (χ3v) is 4.02. The summed E-state index contributed by atoms with van der Waals surface area (Å²) in [5, 5.41) is 4.01. The van der Waals surface area contributed by atoms with Crippen LogP contribution >= 0.6 is 0 Å². The first-order chi connectivity index (χ1) is 9.59. The smallest absolute Gasteiger partial charge is 0.0714 e. The second-order valence-electron chi connectivity index (χ2n) is 6.12. The highest BCUT2D eigenvalue weighted by molar-refractivity contribution is 6.02. The van der Waals surface area contributed by atoms with Gasteiger partial charge in [0.05, 0.1) is 5.52 Å². The Morgan fingerprint density at radius 1 is 0.900 bits per heavy atom. The van der Waals surface area contributed by atoms with Crippen LogP contribution in [0.5, 0.6) is 0 Å². The summed E-state index contributed by atoms with van der Waals surface area (Å²) in [5.41, 5.74) is 3.97. The molecule has 3 aromatic rings. The van der Waals surface area contributed by atoms with Crippen LogP contribution < -0.4 is 0 Å². The van der Waals surface area contributed by atoms with Crippen LogP contribution in [-0.2, 0) is 0 Å². The van der Waals surface area contributed by atoms with E-state index < -0.39 is 0 Å². The molecule has 1 nitrogen and oxygen atoms in total. The van der Waals surface area contributed by atoms with Crippen molar-refractivity contribution < 1.29 is 0 Å². The van der Waals surface area contributed by atoms with Crippen LogP contribution in [0, 0.1) is 0 Å². The number of rotatable bonds is 2. The molecule has 0 unspecified atom stereocenters. The fraction of sp³-hybridized carbons (Fsp3) is 0.316. The van der Waals surface area contributed by atoms with Crippen molar-refractivity contribution in [2.75, 3.05) is 0 Å². The quantitative estimate of drug-likeness (QED) is 0.546. The number of hydrogen-bond acceptors (Lipinski definition) is 1. The second-order valence-corrected chi connectivity index (χ2v) is 6.12. The van der Waals surface area contributed by atoms with Crippen LogP contribution in [-0.4, -0.2) is 4.98 Å². The Morgan fingerprint density at radius 2 is 1.65 bits per heavy atom. The summed E-state index contributed by atoms with van der Waals surface area (Å²) >= 11 is 0. The normalized spacial score (nSPS) is 11.9. The van der Waals surface area contributed by atoms with E-state index in [0.29, 0.717) is 11.8 Å². The highest BCUT2D eigenvalue weighted by Gasteiger charge is 2.15. The average Bonchev–Trinajstić information content (AvgIpc) is 2.43. The van der Waals surface area contributed by atoms with Crippen molar-refractivity contribution >= 4 is 21.7 Å². The molecule has 1 heteroatoms.